The van der Waals surface area contributed by atoms with Crippen molar-refractivity contribution in [2.75, 3.05) is 5.32 Å². The van der Waals surface area contributed by atoms with E-state index < -0.39 is 0 Å². The van der Waals surface area contributed by atoms with Gasteiger partial charge in [-0.3, -0.25) is 0 Å². The fourth-order valence-corrected chi connectivity index (χ4v) is 0.689. The van der Waals surface area contributed by atoms with Crippen molar-refractivity contribution in [3.8, 4) is 0 Å². The van der Waals surface area contributed by atoms with Gasteiger partial charge in [-0.1, -0.05) is 0 Å². The van der Waals surface area contributed by atoms with Gasteiger partial charge in [0.25, 0.3) is 0 Å². The Labute approximate surface area is 60.9 Å². The molecule has 1 heterocycles. The average Bonchev–Trinajstić information content (AvgIpc) is 2.12. The lowest BCUT2D eigenvalue weighted by Gasteiger charge is -2.19. The van der Waals surface area contributed by atoms with Gasteiger partial charge in [-0.25, -0.2) is 4.98 Å². The van der Waals surface area contributed by atoms with E-state index in [2.05, 4.69) is 36.1 Å². The summed E-state index contributed by atoms with van der Waals surface area (Å²) >= 11 is 0. The highest BCUT2D eigenvalue weighted by Crippen LogP contribution is 2.07. The highest BCUT2D eigenvalue weighted by Gasteiger charge is 2.09. The minimum atomic E-state index is 0.0812. The molecule has 1 rings (SSSR count). The second-order valence-corrected chi connectivity index (χ2v) is 3.31. The van der Waals surface area contributed by atoms with Gasteiger partial charge in [0.15, 0.2) is 5.95 Å². The van der Waals surface area contributed by atoms with Gasteiger partial charge in [0.05, 0.1) is 0 Å². The highest BCUT2D eigenvalue weighted by molar-refractivity contribution is 5.26. The Balaban J connectivity index is 2.57. The number of aromatic nitrogens is 2. The molecule has 0 unspecified atom stereocenters. The van der Waals surface area contributed by atoms with Gasteiger partial charge in [0, 0.05) is 17.9 Å². The molecule has 0 radical (unpaired) electrons. The number of rotatable bonds is 1. The lowest BCUT2D eigenvalue weighted by atomic mass is 10.1. The minimum Gasteiger partial charge on any atom is -0.351 e. The summed E-state index contributed by atoms with van der Waals surface area (Å²) in [5.74, 6) is 0.826. The Morgan fingerprint density at radius 3 is 2.60 bits per heavy atom. The summed E-state index contributed by atoms with van der Waals surface area (Å²) in [5, 5.41) is 3.19. The minimum absolute atomic E-state index is 0.0812. The molecule has 10 heavy (non-hydrogen) atoms. The quantitative estimate of drug-likeness (QED) is 0.620. The van der Waals surface area contributed by atoms with Crippen LogP contribution >= 0.6 is 0 Å². The molecule has 0 atom stereocenters. The maximum absolute atomic E-state index is 4.03. The molecule has 56 valence electrons. The third kappa shape index (κ3) is 2.09. The first-order valence-corrected chi connectivity index (χ1v) is 3.35. The highest BCUT2D eigenvalue weighted by atomic mass is 15.1. The van der Waals surface area contributed by atoms with E-state index >= 15 is 0 Å². The summed E-state index contributed by atoms with van der Waals surface area (Å²) in [6, 6.07) is 0. The number of hydrogen-bond donors (Lipinski definition) is 2. The van der Waals surface area contributed by atoms with Crippen molar-refractivity contribution >= 4 is 5.95 Å². The lowest BCUT2D eigenvalue weighted by Crippen LogP contribution is -2.26. The number of anilines is 1. The molecule has 1 aromatic heterocycles. The van der Waals surface area contributed by atoms with Crippen molar-refractivity contribution in [1.29, 1.82) is 0 Å². The molecule has 0 spiro atoms. The van der Waals surface area contributed by atoms with E-state index in [0.29, 0.717) is 0 Å². The third-order valence-corrected chi connectivity index (χ3v) is 0.992. The number of H-pyrrole nitrogens is 1. The van der Waals surface area contributed by atoms with Gasteiger partial charge in [0.1, 0.15) is 0 Å². The van der Waals surface area contributed by atoms with Crippen molar-refractivity contribution in [2.24, 2.45) is 0 Å². The number of aromatic amines is 1. The Kier molecular flexibility index (Phi) is 1.66. The molecule has 0 aromatic carbocycles. The molecule has 0 aliphatic carbocycles. The van der Waals surface area contributed by atoms with Crippen molar-refractivity contribution in [1.82, 2.24) is 9.97 Å². The van der Waals surface area contributed by atoms with Gasteiger partial charge >= 0.3 is 0 Å². The van der Waals surface area contributed by atoms with E-state index in [9.17, 15) is 0 Å². The molecule has 0 bridgehead atoms. The fourth-order valence-electron chi connectivity index (χ4n) is 0.689. The van der Waals surface area contributed by atoms with Crippen LogP contribution in [0, 0.1) is 0 Å². The van der Waals surface area contributed by atoms with Crippen LogP contribution in [0.5, 0.6) is 0 Å². The first-order chi connectivity index (χ1) is 4.58. The second kappa shape index (κ2) is 2.33. The Morgan fingerprint density at radius 2 is 2.20 bits per heavy atom. The number of hydrogen-bond acceptors (Lipinski definition) is 2. The Morgan fingerprint density at radius 1 is 1.50 bits per heavy atom. The van der Waals surface area contributed by atoms with E-state index in [1.165, 1.54) is 0 Å². The van der Waals surface area contributed by atoms with Crippen LogP contribution in [0.2, 0.25) is 0 Å². The monoisotopic (exact) mass is 139 g/mol. The van der Waals surface area contributed by atoms with Crippen LogP contribution in [0.1, 0.15) is 20.8 Å². The molecular formula is C7H13N3. The van der Waals surface area contributed by atoms with Gasteiger partial charge in [-0.2, -0.15) is 0 Å². The predicted molar refractivity (Wildman–Crippen MR) is 42.0 cm³/mol. The molecule has 3 nitrogen and oxygen atoms in total. The molecule has 0 saturated carbocycles. The van der Waals surface area contributed by atoms with Gasteiger partial charge in [0.2, 0.25) is 0 Å². The smallest absolute Gasteiger partial charge is 0.200 e. The van der Waals surface area contributed by atoms with Crippen LogP contribution in [-0.2, 0) is 0 Å². The SMILES string of the molecule is CC(C)(C)Nc1ncc[nH]1. The molecule has 0 saturated heterocycles. The van der Waals surface area contributed by atoms with Crippen molar-refractivity contribution in [3.05, 3.63) is 12.4 Å². The van der Waals surface area contributed by atoms with Gasteiger partial charge in [-0.05, 0) is 20.8 Å². The van der Waals surface area contributed by atoms with E-state index in [1.807, 2.05) is 0 Å². The molecule has 3 heteroatoms. The Bertz CT molecular complexity index is 183. The lowest BCUT2D eigenvalue weighted by molar-refractivity contribution is 0.627. The Hall–Kier alpha value is -0.990. The first-order valence-electron chi connectivity index (χ1n) is 3.35. The van der Waals surface area contributed by atoms with Crippen molar-refractivity contribution in [2.45, 2.75) is 26.3 Å². The van der Waals surface area contributed by atoms with Crippen LogP contribution in [0.4, 0.5) is 5.95 Å². The summed E-state index contributed by atoms with van der Waals surface area (Å²) in [6.07, 6.45) is 3.53. The van der Waals surface area contributed by atoms with Crippen molar-refractivity contribution < 1.29 is 0 Å². The van der Waals surface area contributed by atoms with Crippen LogP contribution in [0.25, 0.3) is 0 Å². The van der Waals surface area contributed by atoms with E-state index in [4.69, 9.17) is 0 Å². The third-order valence-electron chi connectivity index (χ3n) is 0.992. The van der Waals surface area contributed by atoms with E-state index in [-0.39, 0.29) is 5.54 Å². The topological polar surface area (TPSA) is 40.7 Å². The summed E-state index contributed by atoms with van der Waals surface area (Å²) < 4.78 is 0. The molecule has 0 aliphatic heterocycles. The van der Waals surface area contributed by atoms with Crippen LogP contribution in [0.15, 0.2) is 12.4 Å². The van der Waals surface area contributed by atoms with Crippen LogP contribution in [0.3, 0.4) is 0 Å². The largest absolute Gasteiger partial charge is 0.351 e. The fraction of sp³-hybridized carbons (Fsp3) is 0.571. The molecule has 0 fully saturated rings. The number of nitrogens with zero attached hydrogens (tertiary/aromatic N) is 1. The number of nitrogens with one attached hydrogen (secondary N) is 2. The maximum atomic E-state index is 4.03. The summed E-state index contributed by atoms with van der Waals surface area (Å²) in [5.41, 5.74) is 0.0812. The van der Waals surface area contributed by atoms with Crippen molar-refractivity contribution in [3.63, 3.8) is 0 Å². The predicted octanol–water partition coefficient (Wildman–Crippen LogP) is 1.62. The normalized spacial score (nSPS) is 11.5. The molecular weight excluding hydrogens is 126 g/mol. The standard InChI is InChI=1S/C7H13N3/c1-7(2,3)10-6-8-4-5-9-6/h4-5H,1-3H3,(H2,8,9,10). The molecule has 0 aliphatic rings. The zero-order chi connectivity index (χ0) is 7.61. The van der Waals surface area contributed by atoms with Gasteiger partial charge in [-0.15, -0.1) is 0 Å². The summed E-state index contributed by atoms with van der Waals surface area (Å²) in [6.45, 7) is 6.28. The zero-order valence-corrected chi connectivity index (χ0v) is 6.60. The second-order valence-electron chi connectivity index (χ2n) is 3.31. The zero-order valence-electron chi connectivity index (χ0n) is 6.60. The van der Waals surface area contributed by atoms with Gasteiger partial charge < -0.3 is 10.3 Å². The van der Waals surface area contributed by atoms with Crippen LogP contribution < -0.4 is 5.32 Å². The first kappa shape index (κ1) is 7.12. The average molecular weight is 139 g/mol. The molecule has 2 N–H and O–H groups in total. The summed E-state index contributed by atoms with van der Waals surface area (Å²) in [4.78, 5) is 7.01. The van der Waals surface area contributed by atoms with E-state index in [1.54, 1.807) is 12.4 Å². The maximum Gasteiger partial charge on any atom is 0.200 e. The molecule has 1 aromatic rings. The molecule has 0 amide bonds. The summed E-state index contributed by atoms with van der Waals surface area (Å²) in [7, 11) is 0. The number of imidazole rings is 1. The van der Waals surface area contributed by atoms with Crippen LogP contribution in [-0.4, -0.2) is 15.5 Å². The van der Waals surface area contributed by atoms with E-state index in [0.717, 1.165) is 5.95 Å².